The maximum Gasteiger partial charge on any atom is 0.123 e. The van der Waals surface area contributed by atoms with E-state index in [1.54, 1.807) is 7.11 Å². The molecule has 0 amide bonds. The number of nitrogens with two attached hydrogens (primary N) is 1. The van der Waals surface area contributed by atoms with Gasteiger partial charge in [0.05, 0.1) is 7.11 Å². The number of nitrogens with zero attached hydrogens (tertiary/aromatic N) is 1. The summed E-state index contributed by atoms with van der Waals surface area (Å²) in [4.78, 5) is 2.18. The fourth-order valence-corrected chi connectivity index (χ4v) is 2.13. The summed E-state index contributed by atoms with van der Waals surface area (Å²) < 4.78 is 5.38. The standard InChI is InChI=1S/C16H20N2O/c1-12-5-4-6-15(9-12)18(2)11-13-10-14(17)7-8-16(13)19-3/h4-10H,11,17H2,1-3H3. The van der Waals surface area contributed by atoms with E-state index in [4.69, 9.17) is 10.5 Å². The van der Waals surface area contributed by atoms with Gasteiger partial charge < -0.3 is 15.4 Å². The minimum Gasteiger partial charge on any atom is -0.496 e. The summed E-state index contributed by atoms with van der Waals surface area (Å²) in [6.45, 7) is 2.86. The molecule has 19 heavy (non-hydrogen) atoms. The van der Waals surface area contributed by atoms with Crippen molar-refractivity contribution in [2.75, 3.05) is 24.8 Å². The van der Waals surface area contributed by atoms with Crippen molar-refractivity contribution in [1.82, 2.24) is 0 Å². The Hall–Kier alpha value is -2.16. The van der Waals surface area contributed by atoms with Gasteiger partial charge in [0.15, 0.2) is 0 Å². The van der Waals surface area contributed by atoms with E-state index in [0.717, 1.165) is 23.5 Å². The molecule has 0 aliphatic rings. The molecule has 100 valence electrons. The van der Waals surface area contributed by atoms with Crippen LogP contribution in [0.4, 0.5) is 11.4 Å². The second-order valence-corrected chi connectivity index (χ2v) is 4.77. The lowest BCUT2D eigenvalue weighted by molar-refractivity contribution is 0.409. The van der Waals surface area contributed by atoms with Gasteiger partial charge in [-0.25, -0.2) is 0 Å². The minimum atomic E-state index is 0.758. The number of hydrogen-bond donors (Lipinski definition) is 1. The van der Waals surface area contributed by atoms with Gasteiger partial charge in [-0.05, 0) is 42.8 Å². The Balaban J connectivity index is 2.23. The molecule has 0 aliphatic carbocycles. The number of benzene rings is 2. The van der Waals surface area contributed by atoms with Gasteiger partial charge in [-0.1, -0.05) is 12.1 Å². The van der Waals surface area contributed by atoms with Crippen LogP contribution in [0.5, 0.6) is 5.75 Å². The SMILES string of the molecule is COc1ccc(N)cc1CN(C)c1cccc(C)c1. The molecular weight excluding hydrogens is 236 g/mol. The highest BCUT2D eigenvalue weighted by atomic mass is 16.5. The summed E-state index contributed by atoms with van der Waals surface area (Å²) in [7, 11) is 3.75. The molecule has 2 rings (SSSR count). The monoisotopic (exact) mass is 256 g/mol. The van der Waals surface area contributed by atoms with Crippen molar-refractivity contribution in [3.05, 3.63) is 53.6 Å². The van der Waals surface area contributed by atoms with Crippen molar-refractivity contribution < 1.29 is 4.74 Å². The second kappa shape index (κ2) is 5.65. The van der Waals surface area contributed by atoms with E-state index in [1.165, 1.54) is 11.3 Å². The fraction of sp³-hybridized carbons (Fsp3) is 0.250. The van der Waals surface area contributed by atoms with Crippen molar-refractivity contribution in [3.63, 3.8) is 0 Å². The highest BCUT2D eigenvalue weighted by Gasteiger charge is 2.08. The Morgan fingerprint density at radius 2 is 1.95 bits per heavy atom. The third-order valence-electron chi connectivity index (χ3n) is 3.15. The predicted octanol–water partition coefficient (Wildman–Crippen LogP) is 3.22. The van der Waals surface area contributed by atoms with Crippen LogP contribution in [0.1, 0.15) is 11.1 Å². The third-order valence-corrected chi connectivity index (χ3v) is 3.15. The molecule has 2 aromatic carbocycles. The quantitative estimate of drug-likeness (QED) is 0.854. The molecule has 0 aliphatic heterocycles. The molecule has 2 N–H and O–H groups in total. The van der Waals surface area contributed by atoms with Crippen LogP contribution in [-0.2, 0) is 6.54 Å². The van der Waals surface area contributed by atoms with Crippen LogP contribution in [0.2, 0.25) is 0 Å². The lowest BCUT2D eigenvalue weighted by atomic mass is 10.1. The average Bonchev–Trinajstić information content (AvgIpc) is 2.39. The Morgan fingerprint density at radius 1 is 1.16 bits per heavy atom. The fourth-order valence-electron chi connectivity index (χ4n) is 2.13. The van der Waals surface area contributed by atoms with Gasteiger partial charge in [0.2, 0.25) is 0 Å². The number of nitrogen functional groups attached to an aromatic ring is 1. The lowest BCUT2D eigenvalue weighted by Crippen LogP contribution is -2.17. The van der Waals surface area contributed by atoms with Crippen LogP contribution in [0.15, 0.2) is 42.5 Å². The Kier molecular flexibility index (Phi) is 3.95. The summed E-state index contributed by atoms with van der Waals surface area (Å²) in [6, 6.07) is 14.2. The van der Waals surface area contributed by atoms with Crippen LogP contribution in [0.25, 0.3) is 0 Å². The van der Waals surface area contributed by atoms with Crippen LogP contribution in [0, 0.1) is 6.92 Å². The maximum atomic E-state index is 5.85. The van der Waals surface area contributed by atoms with E-state index >= 15 is 0 Å². The van der Waals surface area contributed by atoms with Crippen LogP contribution in [0.3, 0.4) is 0 Å². The van der Waals surface area contributed by atoms with Crippen molar-refractivity contribution in [2.45, 2.75) is 13.5 Å². The smallest absolute Gasteiger partial charge is 0.123 e. The largest absolute Gasteiger partial charge is 0.496 e. The molecule has 3 nitrogen and oxygen atoms in total. The van der Waals surface area contributed by atoms with Crippen molar-refractivity contribution in [3.8, 4) is 5.75 Å². The van der Waals surface area contributed by atoms with E-state index in [2.05, 4.69) is 43.1 Å². The summed E-state index contributed by atoms with van der Waals surface area (Å²) in [5, 5.41) is 0. The zero-order chi connectivity index (χ0) is 13.8. The molecule has 0 saturated heterocycles. The van der Waals surface area contributed by atoms with Crippen LogP contribution in [-0.4, -0.2) is 14.2 Å². The maximum absolute atomic E-state index is 5.85. The van der Waals surface area contributed by atoms with Gasteiger partial charge in [0.1, 0.15) is 5.75 Å². The number of methoxy groups -OCH3 is 1. The molecule has 0 unspecified atom stereocenters. The molecule has 0 heterocycles. The van der Waals surface area contributed by atoms with E-state index in [1.807, 2.05) is 18.2 Å². The van der Waals surface area contributed by atoms with Gasteiger partial charge in [0.25, 0.3) is 0 Å². The van der Waals surface area contributed by atoms with E-state index in [9.17, 15) is 0 Å². The third kappa shape index (κ3) is 3.19. The Bertz CT molecular complexity index is 566. The van der Waals surface area contributed by atoms with E-state index in [-0.39, 0.29) is 0 Å². The highest BCUT2D eigenvalue weighted by molar-refractivity contribution is 5.52. The van der Waals surface area contributed by atoms with Crippen LogP contribution < -0.4 is 15.4 Å². The first-order valence-electron chi connectivity index (χ1n) is 6.30. The average molecular weight is 256 g/mol. The summed E-state index contributed by atoms with van der Waals surface area (Å²) in [6.07, 6.45) is 0. The highest BCUT2D eigenvalue weighted by Crippen LogP contribution is 2.24. The normalized spacial score (nSPS) is 10.3. The molecule has 2 aromatic rings. The number of hydrogen-bond acceptors (Lipinski definition) is 3. The minimum absolute atomic E-state index is 0.758. The Morgan fingerprint density at radius 3 is 2.63 bits per heavy atom. The first kappa shape index (κ1) is 13.3. The molecule has 0 fully saturated rings. The summed E-state index contributed by atoms with van der Waals surface area (Å²) in [5.74, 6) is 0.869. The lowest BCUT2D eigenvalue weighted by Gasteiger charge is -2.21. The van der Waals surface area contributed by atoms with Crippen LogP contribution >= 0.6 is 0 Å². The number of anilines is 2. The number of rotatable bonds is 4. The Labute approximate surface area is 114 Å². The van der Waals surface area contributed by atoms with E-state index in [0.29, 0.717) is 0 Å². The molecule has 0 atom stereocenters. The zero-order valence-corrected chi connectivity index (χ0v) is 11.7. The van der Waals surface area contributed by atoms with Gasteiger partial charge in [-0.2, -0.15) is 0 Å². The first-order valence-corrected chi connectivity index (χ1v) is 6.30. The topological polar surface area (TPSA) is 38.5 Å². The van der Waals surface area contributed by atoms with Gasteiger partial charge in [-0.3, -0.25) is 0 Å². The summed E-state index contributed by atoms with van der Waals surface area (Å²) >= 11 is 0. The number of aryl methyl sites for hydroxylation is 1. The van der Waals surface area contributed by atoms with Gasteiger partial charge in [-0.15, -0.1) is 0 Å². The molecular formula is C16H20N2O. The van der Waals surface area contributed by atoms with Gasteiger partial charge in [0, 0.05) is 30.5 Å². The second-order valence-electron chi connectivity index (χ2n) is 4.77. The number of ether oxygens (including phenoxy) is 1. The molecule has 0 radical (unpaired) electrons. The first-order chi connectivity index (χ1) is 9.10. The zero-order valence-electron chi connectivity index (χ0n) is 11.7. The predicted molar refractivity (Wildman–Crippen MR) is 80.7 cm³/mol. The molecule has 0 saturated carbocycles. The molecule has 0 aromatic heterocycles. The van der Waals surface area contributed by atoms with Crippen molar-refractivity contribution in [1.29, 1.82) is 0 Å². The summed E-state index contributed by atoms with van der Waals surface area (Å²) in [5.41, 5.74) is 10.1. The van der Waals surface area contributed by atoms with Crippen molar-refractivity contribution >= 4 is 11.4 Å². The molecule has 0 spiro atoms. The van der Waals surface area contributed by atoms with Crippen molar-refractivity contribution in [2.24, 2.45) is 0 Å². The van der Waals surface area contributed by atoms with E-state index < -0.39 is 0 Å². The van der Waals surface area contributed by atoms with Gasteiger partial charge >= 0.3 is 0 Å². The molecule has 0 bridgehead atoms. The molecule has 3 heteroatoms.